The van der Waals surface area contributed by atoms with Gasteiger partial charge in [-0.15, -0.1) is 0 Å². The molecule has 2 aromatic rings. The predicted octanol–water partition coefficient (Wildman–Crippen LogP) is 5.76. The molecule has 0 saturated carbocycles. The smallest absolute Gasteiger partial charge is 0.330 e. The van der Waals surface area contributed by atoms with Crippen LogP contribution < -0.4 is 0 Å². The van der Waals surface area contributed by atoms with Crippen LogP contribution in [0.15, 0.2) is 95.5 Å². The Morgan fingerprint density at radius 1 is 0.893 bits per heavy atom. The van der Waals surface area contributed by atoms with Crippen molar-refractivity contribution in [2.45, 2.75) is 29.6 Å². The number of allylic oxidation sites excluding steroid dienone is 1. The summed E-state index contributed by atoms with van der Waals surface area (Å²) >= 11 is 1.71. The molecule has 0 aliphatic heterocycles. The molecule has 0 saturated heterocycles. The normalized spacial score (nSPS) is 10.2. The van der Waals surface area contributed by atoms with Crippen molar-refractivity contribution >= 4 is 17.7 Å². The summed E-state index contributed by atoms with van der Waals surface area (Å²) in [7, 11) is 0. The molecule has 0 unspecified atom stereocenters. The fraction of sp³-hybridized carbons (Fsp3) is 0.208. The lowest BCUT2D eigenvalue weighted by molar-refractivity contribution is -0.137. The van der Waals surface area contributed by atoms with Crippen LogP contribution in [0.2, 0.25) is 0 Å². The molecular formula is C24H26O3S. The van der Waals surface area contributed by atoms with Crippen LogP contribution in [0.5, 0.6) is 0 Å². The number of carbonyl (C=O) groups is 1. The maximum Gasteiger partial charge on any atom is 0.330 e. The Balaban J connectivity index is 1.80. The quantitative estimate of drug-likeness (QED) is 0.210. The molecule has 4 heteroatoms. The first-order valence-electron chi connectivity index (χ1n) is 9.10. The van der Waals surface area contributed by atoms with Crippen molar-refractivity contribution in [3.05, 3.63) is 96.8 Å². The van der Waals surface area contributed by atoms with Gasteiger partial charge in [-0.25, -0.2) is 4.79 Å². The van der Waals surface area contributed by atoms with Crippen molar-refractivity contribution in [2.24, 2.45) is 0 Å². The molecule has 0 amide bonds. The van der Waals surface area contributed by atoms with E-state index in [1.807, 2.05) is 6.92 Å². The molecule has 28 heavy (non-hydrogen) atoms. The van der Waals surface area contributed by atoms with E-state index in [-0.39, 0.29) is 5.97 Å². The van der Waals surface area contributed by atoms with Gasteiger partial charge < -0.3 is 9.47 Å². The van der Waals surface area contributed by atoms with Gasteiger partial charge in [0.1, 0.15) is 5.76 Å². The SMILES string of the molecule is C=CC(=O)OCCc1ccc(Sc2ccc(CCOC(=C)C(=C)C)cc2)cc1. The molecule has 0 N–H and O–H groups in total. The minimum Gasteiger partial charge on any atom is -0.494 e. The van der Waals surface area contributed by atoms with Gasteiger partial charge in [0, 0.05) is 28.7 Å². The molecule has 2 aromatic carbocycles. The van der Waals surface area contributed by atoms with Gasteiger partial charge in [0.15, 0.2) is 0 Å². The van der Waals surface area contributed by atoms with Crippen LogP contribution in [-0.4, -0.2) is 19.2 Å². The third-order valence-electron chi connectivity index (χ3n) is 4.03. The van der Waals surface area contributed by atoms with Gasteiger partial charge >= 0.3 is 5.97 Å². The second-order valence-electron chi connectivity index (χ2n) is 6.31. The lowest BCUT2D eigenvalue weighted by Crippen LogP contribution is -2.04. The minimum atomic E-state index is -0.386. The fourth-order valence-corrected chi connectivity index (χ4v) is 3.14. The lowest BCUT2D eigenvalue weighted by Gasteiger charge is -2.09. The van der Waals surface area contributed by atoms with Crippen molar-refractivity contribution < 1.29 is 14.3 Å². The number of carbonyl (C=O) groups excluding carboxylic acids is 1. The van der Waals surface area contributed by atoms with Gasteiger partial charge in [-0.2, -0.15) is 0 Å². The number of hydrogen-bond donors (Lipinski definition) is 0. The summed E-state index contributed by atoms with van der Waals surface area (Å²) in [5.74, 6) is 0.262. The molecule has 146 valence electrons. The third-order valence-corrected chi connectivity index (χ3v) is 5.04. The first-order chi connectivity index (χ1) is 13.5. The number of benzene rings is 2. The van der Waals surface area contributed by atoms with E-state index in [0.717, 1.165) is 17.6 Å². The van der Waals surface area contributed by atoms with Crippen LogP contribution >= 0.6 is 11.8 Å². The zero-order valence-electron chi connectivity index (χ0n) is 16.3. The first-order valence-corrected chi connectivity index (χ1v) is 9.92. The second kappa shape index (κ2) is 11.2. The molecule has 0 aliphatic rings. The van der Waals surface area contributed by atoms with Gasteiger partial charge in [-0.1, -0.05) is 55.8 Å². The Kier molecular flexibility index (Phi) is 8.63. The van der Waals surface area contributed by atoms with Gasteiger partial charge in [-0.3, -0.25) is 0 Å². The summed E-state index contributed by atoms with van der Waals surface area (Å²) in [4.78, 5) is 13.4. The standard InChI is InChI=1S/C24H26O3S/c1-5-24(25)27-17-15-21-8-12-23(13-9-21)28-22-10-6-20(7-11-22)14-16-26-19(4)18(2)3/h5-13H,1-2,4,14-17H2,3H3. The number of ether oxygens (including phenoxy) is 2. The van der Waals surface area contributed by atoms with Crippen LogP contribution in [0.1, 0.15) is 18.1 Å². The zero-order valence-corrected chi connectivity index (χ0v) is 17.1. The van der Waals surface area contributed by atoms with Crippen molar-refractivity contribution in [1.29, 1.82) is 0 Å². The molecule has 0 radical (unpaired) electrons. The van der Waals surface area contributed by atoms with E-state index in [2.05, 4.69) is 68.3 Å². The summed E-state index contributed by atoms with van der Waals surface area (Å²) in [5.41, 5.74) is 3.21. The Hall–Kier alpha value is -2.72. The minimum absolute atomic E-state index is 0.363. The Morgan fingerprint density at radius 2 is 1.36 bits per heavy atom. The van der Waals surface area contributed by atoms with Crippen LogP contribution in [-0.2, 0) is 27.1 Å². The molecule has 0 heterocycles. The number of rotatable bonds is 11. The van der Waals surface area contributed by atoms with Gasteiger partial charge in [0.05, 0.1) is 13.2 Å². The zero-order chi connectivity index (χ0) is 20.4. The fourth-order valence-electron chi connectivity index (χ4n) is 2.33. The number of esters is 1. The highest BCUT2D eigenvalue weighted by atomic mass is 32.2. The van der Waals surface area contributed by atoms with E-state index < -0.39 is 0 Å². The highest BCUT2D eigenvalue weighted by Gasteiger charge is 2.02. The van der Waals surface area contributed by atoms with Gasteiger partial charge in [-0.05, 0) is 47.9 Å². The highest BCUT2D eigenvalue weighted by molar-refractivity contribution is 7.99. The molecule has 0 spiro atoms. The van der Waals surface area contributed by atoms with E-state index >= 15 is 0 Å². The Labute approximate surface area is 171 Å². The highest BCUT2D eigenvalue weighted by Crippen LogP contribution is 2.28. The maximum atomic E-state index is 11.0. The van der Waals surface area contributed by atoms with Gasteiger partial charge in [0.25, 0.3) is 0 Å². The Morgan fingerprint density at radius 3 is 1.79 bits per heavy atom. The van der Waals surface area contributed by atoms with Crippen LogP contribution in [0.25, 0.3) is 0 Å². The van der Waals surface area contributed by atoms with E-state index in [4.69, 9.17) is 9.47 Å². The molecule has 0 bridgehead atoms. The lowest BCUT2D eigenvalue weighted by atomic mass is 10.2. The summed E-state index contributed by atoms with van der Waals surface area (Å²) in [5, 5.41) is 0. The first kappa shape index (κ1) is 21.6. The summed E-state index contributed by atoms with van der Waals surface area (Å²) in [6, 6.07) is 16.8. The number of hydrogen-bond acceptors (Lipinski definition) is 4. The van der Waals surface area contributed by atoms with Crippen molar-refractivity contribution in [3.8, 4) is 0 Å². The largest absolute Gasteiger partial charge is 0.494 e. The van der Waals surface area contributed by atoms with E-state index in [1.54, 1.807) is 11.8 Å². The molecular weight excluding hydrogens is 368 g/mol. The molecule has 2 rings (SSSR count). The van der Waals surface area contributed by atoms with E-state index in [1.165, 1.54) is 21.4 Å². The van der Waals surface area contributed by atoms with E-state index in [0.29, 0.717) is 25.4 Å². The molecule has 0 atom stereocenters. The summed E-state index contributed by atoms with van der Waals surface area (Å²) in [6.45, 7) is 13.9. The van der Waals surface area contributed by atoms with Crippen LogP contribution in [0.4, 0.5) is 0 Å². The average Bonchev–Trinajstić information content (AvgIpc) is 2.70. The summed E-state index contributed by atoms with van der Waals surface area (Å²) in [6.07, 6.45) is 2.71. The van der Waals surface area contributed by atoms with Gasteiger partial charge in [0.2, 0.25) is 0 Å². The van der Waals surface area contributed by atoms with Crippen molar-refractivity contribution in [3.63, 3.8) is 0 Å². The topological polar surface area (TPSA) is 35.5 Å². The molecule has 3 nitrogen and oxygen atoms in total. The molecule has 0 fully saturated rings. The van der Waals surface area contributed by atoms with E-state index in [9.17, 15) is 4.79 Å². The predicted molar refractivity (Wildman–Crippen MR) is 115 cm³/mol. The van der Waals surface area contributed by atoms with Crippen molar-refractivity contribution in [2.75, 3.05) is 13.2 Å². The second-order valence-corrected chi connectivity index (χ2v) is 7.46. The monoisotopic (exact) mass is 394 g/mol. The third kappa shape index (κ3) is 7.49. The molecule has 0 aromatic heterocycles. The molecule has 0 aliphatic carbocycles. The maximum absolute atomic E-state index is 11.0. The summed E-state index contributed by atoms with van der Waals surface area (Å²) < 4.78 is 10.6. The van der Waals surface area contributed by atoms with Crippen LogP contribution in [0.3, 0.4) is 0 Å². The average molecular weight is 395 g/mol. The van der Waals surface area contributed by atoms with Crippen molar-refractivity contribution in [1.82, 2.24) is 0 Å². The Bertz CT molecular complexity index is 820. The van der Waals surface area contributed by atoms with Crippen LogP contribution in [0, 0.1) is 0 Å².